The lowest BCUT2D eigenvalue weighted by molar-refractivity contribution is -0.152. The maximum atomic E-state index is 12.8. The van der Waals surface area contributed by atoms with E-state index in [4.69, 9.17) is 13.9 Å². The monoisotopic (exact) mass is 321 g/mol. The Kier molecular flexibility index (Phi) is 4.78. The molecule has 23 heavy (non-hydrogen) atoms. The highest BCUT2D eigenvalue weighted by Gasteiger charge is 2.59. The molecule has 3 rings (SSSR count). The van der Waals surface area contributed by atoms with Crippen molar-refractivity contribution >= 4 is 5.91 Å². The van der Waals surface area contributed by atoms with E-state index in [-0.39, 0.29) is 17.4 Å². The summed E-state index contributed by atoms with van der Waals surface area (Å²) in [4.78, 5) is 14.6. The summed E-state index contributed by atoms with van der Waals surface area (Å²) in [6, 6.07) is 3.80. The Bertz CT molecular complexity index is 547. The maximum absolute atomic E-state index is 12.8. The van der Waals surface area contributed by atoms with E-state index in [0.717, 1.165) is 25.9 Å². The van der Waals surface area contributed by atoms with Crippen LogP contribution >= 0.6 is 0 Å². The van der Waals surface area contributed by atoms with Crippen LogP contribution in [-0.2, 0) is 16.1 Å². The van der Waals surface area contributed by atoms with Gasteiger partial charge in [0.1, 0.15) is 12.4 Å². The van der Waals surface area contributed by atoms with Crippen molar-refractivity contribution in [3.63, 3.8) is 0 Å². The van der Waals surface area contributed by atoms with E-state index in [1.165, 1.54) is 12.8 Å². The summed E-state index contributed by atoms with van der Waals surface area (Å²) >= 11 is 0. The van der Waals surface area contributed by atoms with Gasteiger partial charge in [-0.15, -0.1) is 0 Å². The number of carbonyl (C=O) groups is 1. The molecule has 0 N–H and O–H groups in total. The third kappa shape index (κ3) is 2.81. The van der Waals surface area contributed by atoms with E-state index in [1.807, 2.05) is 18.9 Å². The van der Waals surface area contributed by atoms with Gasteiger partial charge in [-0.05, 0) is 38.3 Å². The van der Waals surface area contributed by atoms with Crippen LogP contribution in [-0.4, -0.2) is 43.7 Å². The van der Waals surface area contributed by atoms with Gasteiger partial charge in [0.05, 0.1) is 6.10 Å². The number of rotatable bonds is 6. The SMILES string of the molecule is CCO[C@@H]1C[C@H](N(C)C(=O)c2ccc(COC)o2)C12CCCC2. The number of amides is 1. The van der Waals surface area contributed by atoms with Crippen LogP contribution in [0.5, 0.6) is 0 Å². The Morgan fingerprint density at radius 1 is 1.39 bits per heavy atom. The third-order valence-electron chi connectivity index (χ3n) is 5.59. The van der Waals surface area contributed by atoms with Crippen molar-refractivity contribution in [3.8, 4) is 0 Å². The Balaban J connectivity index is 1.71. The number of ether oxygens (including phenoxy) is 2. The van der Waals surface area contributed by atoms with Crippen LogP contribution in [0.3, 0.4) is 0 Å². The molecule has 0 bridgehead atoms. The third-order valence-corrected chi connectivity index (χ3v) is 5.59. The first-order valence-corrected chi connectivity index (χ1v) is 8.58. The number of nitrogens with zero attached hydrogens (tertiary/aromatic N) is 1. The van der Waals surface area contributed by atoms with Gasteiger partial charge in [0.2, 0.25) is 0 Å². The summed E-state index contributed by atoms with van der Waals surface area (Å²) in [5.41, 5.74) is 0.155. The standard InChI is InChI=1S/C18H27NO4/c1-4-22-16-11-15(18(16)9-5-6-10-18)19(2)17(20)14-8-7-13(23-14)12-21-3/h7-8,15-16H,4-6,9-12H2,1-3H3/t15-,16+/m0/s1. The number of furan rings is 1. The van der Waals surface area contributed by atoms with Crippen LogP contribution in [0, 0.1) is 5.41 Å². The van der Waals surface area contributed by atoms with E-state index < -0.39 is 0 Å². The van der Waals surface area contributed by atoms with Crippen LogP contribution in [0.25, 0.3) is 0 Å². The minimum absolute atomic E-state index is 0.0430. The van der Waals surface area contributed by atoms with Gasteiger partial charge in [0.25, 0.3) is 5.91 Å². The van der Waals surface area contributed by atoms with Gasteiger partial charge >= 0.3 is 0 Å². The largest absolute Gasteiger partial charge is 0.453 e. The highest BCUT2D eigenvalue weighted by atomic mass is 16.5. The Hall–Kier alpha value is -1.33. The lowest BCUT2D eigenvalue weighted by Crippen LogP contribution is -2.63. The lowest BCUT2D eigenvalue weighted by atomic mass is 9.60. The van der Waals surface area contributed by atoms with E-state index in [0.29, 0.717) is 24.2 Å². The van der Waals surface area contributed by atoms with Crippen molar-refractivity contribution in [2.75, 3.05) is 20.8 Å². The van der Waals surface area contributed by atoms with Gasteiger partial charge in [-0.1, -0.05) is 12.8 Å². The number of carbonyl (C=O) groups excluding carboxylic acids is 1. The predicted octanol–water partition coefficient (Wildman–Crippen LogP) is 3.24. The summed E-state index contributed by atoms with van der Waals surface area (Å²) in [5.74, 6) is 1.03. The molecule has 128 valence electrons. The molecule has 2 atom stereocenters. The highest BCUT2D eigenvalue weighted by molar-refractivity contribution is 5.91. The summed E-state index contributed by atoms with van der Waals surface area (Å²) in [6.45, 7) is 3.18. The Labute approximate surface area is 137 Å². The van der Waals surface area contributed by atoms with Gasteiger partial charge in [-0.25, -0.2) is 0 Å². The fourth-order valence-corrected chi connectivity index (χ4v) is 4.42. The van der Waals surface area contributed by atoms with E-state index in [9.17, 15) is 4.79 Å². The summed E-state index contributed by atoms with van der Waals surface area (Å²) in [7, 11) is 3.51. The molecular formula is C18H27NO4. The Morgan fingerprint density at radius 3 is 2.78 bits per heavy atom. The average Bonchev–Trinajstić information content (AvgIpc) is 3.20. The first kappa shape index (κ1) is 16.5. The van der Waals surface area contributed by atoms with Gasteiger partial charge in [-0.2, -0.15) is 0 Å². The van der Waals surface area contributed by atoms with Crippen molar-refractivity contribution in [3.05, 3.63) is 23.7 Å². The van der Waals surface area contributed by atoms with Crippen molar-refractivity contribution in [2.24, 2.45) is 5.41 Å². The zero-order valence-electron chi connectivity index (χ0n) is 14.3. The van der Waals surface area contributed by atoms with Crippen LogP contribution in [0.4, 0.5) is 0 Å². The minimum Gasteiger partial charge on any atom is -0.453 e. The molecule has 2 saturated carbocycles. The molecule has 2 fully saturated rings. The van der Waals surface area contributed by atoms with Gasteiger partial charge < -0.3 is 18.8 Å². The van der Waals surface area contributed by atoms with Gasteiger partial charge in [-0.3, -0.25) is 4.79 Å². The molecule has 1 amide bonds. The van der Waals surface area contributed by atoms with Crippen molar-refractivity contribution in [1.82, 2.24) is 4.90 Å². The number of hydrogen-bond donors (Lipinski definition) is 0. The van der Waals surface area contributed by atoms with Crippen molar-refractivity contribution in [1.29, 1.82) is 0 Å². The smallest absolute Gasteiger partial charge is 0.289 e. The summed E-state index contributed by atoms with van der Waals surface area (Å²) in [6.07, 6.45) is 6.03. The zero-order chi connectivity index (χ0) is 16.4. The van der Waals surface area contributed by atoms with Crippen LogP contribution in [0.2, 0.25) is 0 Å². The molecule has 5 heteroatoms. The molecular weight excluding hydrogens is 294 g/mol. The van der Waals surface area contributed by atoms with Crippen LogP contribution < -0.4 is 0 Å². The molecule has 1 aromatic heterocycles. The maximum Gasteiger partial charge on any atom is 0.289 e. The second-order valence-electron chi connectivity index (χ2n) is 6.75. The molecule has 5 nitrogen and oxygen atoms in total. The lowest BCUT2D eigenvalue weighted by Gasteiger charge is -2.56. The molecule has 1 aromatic rings. The second-order valence-corrected chi connectivity index (χ2v) is 6.75. The van der Waals surface area contributed by atoms with Crippen LogP contribution in [0.1, 0.15) is 55.3 Å². The fraction of sp³-hybridized carbons (Fsp3) is 0.722. The zero-order valence-corrected chi connectivity index (χ0v) is 14.3. The molecule has 0 unspecified atom stereocenters. The molecule has 0 aliphatic heterocycles. The van der Waals surface area contributed by atoms with Crippen molar-refractivity contribution < 1.29 is 18.7 Å². The first-order valence-electron chi connectivity index (χ1n) is 8.58. The minimum atomic E-state index is -0.0430. The van der Waals surface area contributed by atoms with Gasteiger partial charge in [0, 0.05) is 32.2 Å². The average molecular weight is 321 g/mol. The van der Waals surface area contributed by atoms with Gasteiger partial charge in [0.15, 0.2) is 5.76 Å². The molecule has 0 radical (unpaired) electrons. The number of hydrogen-bond acceptors (Lipinski definition) is 4. The predicted molar refractivity (Wildman–Crippen MR) is 86.2 cm³/mol. The summed E-state index contributed by atoms with van der Waals surface area (Å²) in [5, 5.41) is 0. The summed E-state index contributed by atoms with van der Waals surface area (Å²) < 4.78 is 16.6. The molecule has 2 aliphatic carbocycles. The van der Waals surface area contributed by atoms with Crippen LogP contribution in [0.15, 0.2) is 16.5 Å². The normalized spacial score (nSPS) is 25.5. The topological polar surface area (TPSA) is 51.9 Å². The molecule has 1 heterocycles. The first-order chi connectivity index (χ1) is 11.1. The molecule has 1 spiro atoms. The van der Waals surface area contributed by atoms with Crippen molar-refractivity contribution in [2.45, 2.75) is 57.8 Å². The van der Waals surface area contributed by atoms with E-state index in [1.54, 1.807) is 19.2 Å². The highest BCUT2D eigenvalue weighted by Crippen LogP contribution is 2.56. The quantitative estimate of drug-likeness (QED) is 0.807. The molecule has 0 aromatic carbocycles. The fourth-order valence-electron chi connectivity index (χ4n) is 4.42. The Morgan fingerprint density at radius 2 is 2.13 bits per heavy atom. The second kappa shape index (κ2) is 6.65. The molecule has 0 saturated heterocycles. The number of methoxy groups -OCH3 is 1. The van der Waals surface area contributed by atoms with E-state index in [2.05, 4.69) is 0 Å². The van der Waals surface area contributed by atoms with E-state index >= 15 is 0 Å². The molecule has 2 aliphatic rings.